The molecule has 0 saturated heterocycles. The largest absolute Gasteiger partial charge is 0.478 e. The van der Waals surface area contributed by atoms with E-state index in [1.54, 1.807) is 6.92 Å². The van der Waals surface area contributed by atoms with E-state index in [1.165, 1.54) is 35.2 Å². The van der Waals surface area contributed by atoms with E-state index < -0.39 is 17.6 Å². The van der Waals surface area contributed by atoms with E-state index >= 15 is 0 Å². The van der Waals surface area contributed by atoms with Crippen LogP contribution in [-0.4, -0.2) is 36.5 Å². The number of amides is 1. The molecule has 30 heavy (non-hydrogen) atoms. The maximum Gasteiger partial charge on any atom is 0.335 e. The Morgan fingerprint density at radius 2 is 1.80 bits per heavy atom. The lowest BCUT2D eigenvalue weighted by Crippen LogP contribution is -2.24. The number of carboxylic acid groups (broad SMARTS) is 1. The summed E-state index contributed by atoms with van der Waals surface area (Å²) in [5, 5.41) is 11.7. The van der Waals surface area contributed by atoms with Crippen LogP contribution in [0.3, 0.4) is 0 Å². The van der Waals surface area contributed by atoms with Gasteiger partial charge >= 0.3 is 5.97 Å². The van der Waals surface area contributed by atoms with Gasteiger partial charge < -0.3 is 20.0 Å². The van der Waals surface area contributed by atoms with E-state index in [4.69, 9.17) is 5.11 Å². The molecule has 0 aliphatic rings. The minimum absolute atomic E-state index is 0.124. The standard InChI is InChI=1S/C21H17N5O4/c1-12(19(27)23-15-9-7-14(8-10-15)21(29)30)26-11-22-16-18(26)24-17(25-20(16)28)13-5-3-2-4-6-13/h2-12H,1H3,(H,23,27)(H,29,30)(H,24,25,28). The molecule has 4 rings (SSSR count). The van der Waals surface area contributed by atoms with Crippen LogP contribution in [-0.2, 0) is 4.79 Å². The number of carboxylic acids is 1. The highest BCUT2D eigenvalue weighted by Crippen LogP contribution is 2.19. The molecule has 0 spiro atoms. The van der Waals surface area contributed by atoms with Gasteiger partial charge in [-0.2, -0.15) is 0 Å². The molecule has 0 bridgehead atoms. The summed E-state index contributed by atoms with van der Waals surface area (Å²) in [5.41, 5.74) is 1.35. The maximum atomic E-state index is 12.7. The first kappa shape index (κ1) is 19.1. The zero-order valence-corrected chi connectivity index (χ0v) is 15.9. The smallest absolute Gasteiger partial charge is 0.335 e. The molecule has 2 aromatic carbocycles. The number of nitrogens with one attached hydrogen (secondary N) is 2. The van der Waals surface area contributed by atoms with Crippen LogP contribution in [0.1, 0.15) is 23.3 Å². The van der Waals surface area contributed by atoms with Crippen LogP contribution in [0.25, 0.3) is 22.6 Å². The molecule has 1 amide bonds. The molecular weight excluding hydrogens is 386 g/mol. The van der Waals surface area contributed by atoms with E-state index in [2.05, 4.69) is 20.3 Å². The lowest BCUT2D eigenvalue weighted by atomic mass is 10.2. The third kappa shape index (κ3) is 3.55. The molecule has 0 aliphatic heterocycles. The van der Waals surface area contributed by atoms with Crippen molar-refractivity contribution < 1.29 is 14.7 Å². The number of imidazole rings is 1. The molecule has 0 aliphatic carbocycles. The topological polar surface area (TPSA) is 130 Å². The third-order valence-electron chi connectivity index (χ3n) is 4.68. The molecule has 150 valence electrons. The zero-order valence-electron chi connectivity index (χ0n) is 15.9. The second-order valence-electron chi connectivity index (χ2n) is 6.65. The molecule has 0 saturated carbocycles. The average molecular weight is 403 g/mol. The van der Waals surface area contributed by atoms with Gasteiger partial charge in [-0.25, -0.2) is 14.8 Å². The molecule has 2 aromatic heterocycles. The molecule has 1 atom stereocenters. The normalized spacial score (nSPS) is 11.9. The number of aromatic carboxylic acids is 1. The summed E-state index contributed by atoms with van der Waals surface area (Å²) in [6, 6.07) is 14.3. The Morgan fingerprint density at radius 1 is 1.10 bits per heavy atom. The van der Waals surface area contributed by atoms with Gasteiger partial charge in [0.25, 0.3) is 5.56 Å². The van der Waals surface area contributed by atoms with Gasteiger partial charge in [0.15, 0.2) is 11.2 Å². The van der Waals surface area contributed by atoms with Gasteiger partial charge in [-0.3, -0.25) is 9.59 Å². The second kappa shape index (κ2) is 7.63. The predicted molar refractivity (Wildman–Crippen MR) is 110 cm³/mol. The average Bonchev–Trinajstić information content (AvgIpc) is 3.18. The number of hydrogen-bond donors (Lipinski definition) is 3. The Morgan fingerprint density at radius 3 is 2.47 bits per heavy atom. The van der Waals surface area contributed by atoms with Gasteiger partial charge in [0.1, 0.15) is 11.9 Å². The number of fused-ring (bicyclic) bond motifs is 1. The number of rotatable bonds is 5. The Kier molecular flexibility index (Phi) is 4.85. The first-order valence-corrected chi connectivity index (χ1v) is 9.10. The number of H-pyrrole nitrogens is 1. The number of aromatic amines is 1. The first-order chi connectivity index (χ1) is 14.4. The van der Waals surface area contributed by atoms with Crippen LogP contribution in [0.4, 0.5) is 5.69 Å². The van der Waals surface area contributed by atoms with Gasteiger partial charge in [-0.15, -0.1) is 0 Å². The van der Waals surface area contributed by atoms with E-state index in [-0.39, 0.29) is 17.0 Å². The van der Waals surface area contributed by atoms with Crippen molar-refractivity contribution in [2.75, 3.05) is 5.32 Å². The fourth-order valence-corrected chi connectivity index (χ4v) is 3.01. The SMILES string of the molecule is CC(C(=O)Nc1ccc(C(=O)O)cc1)n1cnc2c(=O)[nH]c(-c3ccccc3)nc21. The summed E-state index contributed by atoms with van der Waals surface area (Å²) >= 11 is 0. The fourth-order valence-electron chi connectivity index (χ4n) is 3.01. The van der Waals surface area contributed by atoms with Crippen LogP contribution < -0.4 is 10.9 Å². The minimum Gasteiger partial charge on any atom is -0.478 e. The number of carbonyl (C=O) groups is 2. The number of aromatic nitrogens is 4. The summed E-state index contributed by atoms with van der Waals surface area (Å²) < 4.78 is 1.53. The maximum absolute atomic E-state index is 12.7. The van der Waals surface area contributed by atoms with E-state index in [9.17, 15) is 14.4 Å². The zero-order chi connectivity index (χ0) is 21.3. The molecular formula is C21H17N5O4. The molecule has 4 aromatic rings. The van der Waals surface area contributed by atoms with Crippen molar-refractivity contribution in [3.05, 3.63) is 76.8 Å². The monoisotopic (exact) mass is 403 g/mol. The fraction of sp³-hybridized carbons (Fsp3) is 0.0952. The highest BCUT2D eigenvalue weighted by atomic mass is 16.4. The number of anilines is 1. The van der Waals surface area contributed by atoms with Gasteiger partial charge in [0.05, 0.1) is 11.9 Å². The molecule has 2 heterocycles. The van der Waals surface area contributed by atoms with Crippen LogP contribution in [0.5, 0.6) is 0 Å². The van der Waals surface area contributed by atoms with Crippen molar-refractivity contribution in [2.24, 2.45) is 0 Å². The third-order valence-corrected chi connectivity index (χ3v) is 4.68. The lowest BCUT2D eigenvalue weighted by molar-refractivity contribution is -0.118. The minimum atomic E-state index is -1.04. The molecule has 9 nitrogen and oxygen atoms in total. The summed E-state index contributed by atoms with van der Waals surface area (Å²) in [6.45, 7) is 1.66. The van der Waals surface area contributed by atoms with Crippen molar-refractivity contribution in [1.29, 1.82) is 0 Å². The van der Waals surface area contributed by atoms with Crippen LogP contribution in [0.2, 0.25) is 0 Å². The second-order valence-corrected chi connectivity index (χ2v) is 6.65. The van der Waals surface area contributed by atoms with Gasteiger partial charge in [0, 0.05) is 11.3 Å². The van der Waals surface area contributed by atoms with Crippen LogP contribution >= 0.6 is 0 Å². The summed E-state index contributed by atoms with van der Waals surface area (Å²) in [4.78, 5) is 47.4. The highest BCUT2D eigenvalue weighted by molar-refractivity contribution is 5.95. The molecule has 0 fully saturated rings. The Balaban J connectivity index is 1.65. The van der Waals surface area contributed by atoms with E-state index in [0.29, 0.717) is 17.2 Å². The molecule has 3 N–H and O–H groups in total. The Labute approximate surface area is 170 Å². The molecule has 9 heteroatoms. The molecule has 1 unspecified atom stereocenters. The van der Waals surface area contributed by atoms with Gasteiger partial charge in [-0.1, -0.05) is 30.3 Å². The van der Waals surface area contributed by atoms with Crippen molar-refractivity contribution in [3.8, 4) is 11.4 Å². The Hall–Kier alpha value is -4.27. The van der Waals surface area contributed by atoms with Crippen molar-refractivity contribution >= 4 is 28.7 Å². The lowest BCUT2D eigenvalue weighted by Gasteiger charge is -2.14. The summed E-state index contributed by atoms with van der Waals surface area (Å²) in [5.74, 6) is -1.02. The predicted octanol–water partition coefficient (Wildman–Crippen LogP) is 2.68. The highest BCUT2D eigenvalue weighted by Gasteiger charge is 2.20. The summed E-state index contributed by atoms with van der Waals surface area (Å²) in [7, 11) is 0. The van der Waals surface area contributed by atoms with E-state index in [0.717, 1.165) is 5.56 Å². The summed E-state index contributed by atoms with van der Waals surface area (Å²) in [6.07, 6.45) is 1.40. The molecule has 0 radical (unpaired) electrons. The quantitative estimate of drug-likeness (QED) is 0.470. The van der Waals surface area contributed by atoms with Gasteiger partial charge in [0.2, 0.25) is 5.91 Å². The number of hydrogen-bond acceptors (Lipinski definition) is 5. The first-order valence-electron chi connectivity index (χ1n) is 9.10. The number of nitrogens with zero attached hydrogens (tertiary/aromatic N) is 3. The van der Waals surface area contributed by atoms with Gasteiger partial charge in [-0.05, 0) is 31.2 Å². The van der Waals surface area contributed by atoms with Crippen LogP contribution in [0.15, 0.2) is 65.7 Å². The van der Waals surface area contributed by atoms with Crippen molar-refractivity contribution in [1.82, 2.24) is 19.5 Å². The van der Waals surface area contributed by atoms with Crippen molar-refractivity contribution in [3.63, 3.8) is 0 Å². The van der Waals surface area contributed by atoms with E-state index in [1.807, 2.05) is 30.3 Å². The number of benzene rings is 2. The Bertz CT molecular complexity index is 1290. The number of carbonyl (C=O) groups excluding carboxylic acids is 1. The van der Waals surface area contributed by atoms with Crippen LogP contribution in [0, 0.1) is 0 Å². The van der Waals surface area contributed by atoms with Crippen molar-refractivity contribution in [2.45, 2.75) is 13.0 Å².